The largest absolute Gasteiger partial charge is 0.371 e. The molecule has 1 aromatic carbocycles. The molecule has 1 heterocycles. The Balaban J connectivity index is 2.08. The molecule has 0 saturated carbocycles. The number of nitrogens with zero attached hydrogens (tertiary/aromatic N) is 1. The van der Waals surface area contributed by atoms with E-state index in [0.29, 0.717) is 0 Å². The fraction of sp³-hybridized carbons (Fsp3) is 0.538. The molecule has 1 saturated heterocycles. The lowest BCUT2D eigenvalue weighted by molar-refractivity contribution is 0.0367. The molecule has 2 N–H and O–H groups in total. The van der Waals surface area contributed by atoms with E-state index in [4.69, 9.17) is 10.7 Å². The van der Waals surface area contributed by atoms with Crippen LogP contribution in [0, 0.1) is 13.8 Å². The summed E-state index contributed by atoms with van der Waals surface area (Å²) >= 11 is 0. The van der Waals surface area contributed by atoms with Gasteiger partial charge in [-0.05, 0) is 49.9 Å². The molecule has 0 bridgehead atoms. The maximum Gasteiger partial charge on any atom is 0.0821 e. The molecule has 2 rings (SSSR count). The molecule has 88 valence electrons. The summed E-state index contributed by atoms with van der Waals surface area (Å²) in [5.41, 5.74) is 3.98. The quantitative estimate of drug-likeness (QED) is 0.776. The first-order valence-electron chi connectivity index (χ1n) is 5.88. The fourth-order valence-electron chi connectivity index (χ4n) is 2.38. The molecule has 0 spiro atoms. The van der Waals surface area contributed by atoms with Gasteiger partial charge >= 0.3 is 0 Å². The van der Waals surface area contributed by atoms with Crippen LogP contribution < -0.4 is 10.8 Å². The zero-order valence-corrected chi connectivity index (χ0v) is 10.1. The van der Waals surface area contributed by atoms with E-state index in [9.17, 15) is 0 Å². The first-order valence-corrected chi connectivity index (χ1v) is 5.88. The van der Waals surface area contributed by atoms with Gasteiger partial charge < -0.3 is 9.74 Å². The number of aryl methyl sites for hydroxylation is 2. The average Bonchev–Trinajstić information content (AvgIpc) is 2.28. The summed E-state index contributed by atoms with van der Waals surface area (Å²) in [7, 11) is 0. The highest BCUT2D eigenvalue weighted by molar-refractivity contribution is 5.51. The van der Waals surface area contributed by atoms with E-state index in [-0.39, 0.29) is 6.10 Å². The number of rotatable bonds is 2. The van der Waals surface area contributed by atoms with E-state index in [2.05, 4.69) is 36.9 Å². The minimum absolute atomic E-state index is 0.238. The first-order chi connectivity index (χ1) is 7.69. The molecule has 1 aliphatic heterocycles. The van der Waals surface area contributed by atoms with Gasteiger partial charge in [0.15, 0.2) is 0 Å². The molecule has 16 heavy (non-hydrogen) atoms. The molecule has 1 fully saturated rings. The van der Waals surface area contributed by atoms with Crippen molar-refractivity contribution in [3.05, 3.63) is 29.3 Å². The molecule has 0 aliphatic carbocycles. The molecule has 0 aromatic heterocycles. The van der Waals surface area contributed by atoms with Gasteiger partial charge in [-0.15, -0.1) is 0 Å². The zero-order chi connectivity index (χ0) is 11.5. The third-order valence-electron chi connectivity index (χ3n) is 3.21. The molecule has 1 aliphatic rings. The number of nitrogens with two attached hydrogens (primary N) is 1. The topological polar surface area (TPSA) is 38.5 Å². The summed E-state index contributed by atoms with van der Waals surface area (Å²) in [6, 6.07) is 6.70. The van der Waals surface area contributed by atoms with Crippen LogP contribution in [0.5, 0.6) is 0 Å². The number of piperidine rings is 1. The summed E-state index contributed by atoms with van der Waals surface area (Å²) in [5.74, 6) is 5.22. The Morgan fingerprint density at radius 2 is 1.69 bits per heavy atom. The van der Waals surface area contributed by atoms with Crippen molar-refractivity contribution in [2.24, 2.45) is 5.90 Å². The van der Waals surface area contributed by atoms with Gasteiger partial charge in [0.25, 0.3) is 0 Å². The maximum atomic E-state index is 5.22. The van der Waals surface area contributed by atoms with Crippen LogP contribution in [0.3, 0.4) is 0 Å². The van der Waals surface area contributed by atoms with Crippen molar-refractivity contribution in [2.75, 3.05) is 18.0 Å². The molecule has 1 aromatic rings. The highest BCUT2D eigenvalue weighted by Gasteiger charge is 2.19. The lowest BCUT2D eigenvalue weighted by Gasteiger charge is -2.32. The van der Waals surface area contributed by atoms with Crippen LogP contribution in [0.1, 0.15) is 24.0 Å². The second-order valence-electron chi connectivity index (χ2n) is 4.67. The van der Waals surface area contributed by atoms with Crippen molar-refractivity contribution in [3.63, 3.8) is 0 Å². The Morgan fingerprint density at radius 3 is 2.19 bits per heavy atom. The fourth-order valence-corrected chi connectivity index (χ4v) is 2.38. The van der Waals surface area contributed by atoms with E-state index in [1.165, 1.54) is 16.8 Å². The number of anilines is 1. The van der Waals surface area contributed by atoms with E-state index >= 15 is 0 Å². The maximum absolute atomic E-state index is 5.22. The molecule has 0 radical (unpaired) electrons. The zero-order valence-electron chi connectivity index (χ0n) is 10.1. The summed E-state index contributed by atoms with van der Waals surface area (Å²) < 4.78 is 0. The van der Waals surface area contributed by atoms with Crippen molar-refractivity contribution < 1.29 is 4.84 Å². The highest BCUT2D eigenvalue weighted by atomic mass is 16.6. The van der Waals surface area contributed by atoms with Gasteiger partial charge in [-0.2, -0.15) is 0 Å². The molecular weight excluding hydrogens is 200 g/mol. The molecule has 0 atom stereocenters. The van der Waals surface area contributed by atoms with Crippen LogP contribution in [0.15, 0.2) is 18.2 Å². The van der Waals surface area contributed by atoms with Gasteiger partial charge in [0, 0.05) is 18.8 Å². The second kappa shape index (κ2) is 4.85. The minimum Gasteiger partial charge on any atom is -0.371 e. The number of hydrogen-bond donors (Lipinski definition) is 1. The number of benzene rings is 1. The summed E-state index contributed by atoms with van der Waals surface area (Å²) in [4.78, 5) is 7.31. The Morgan fingerprint density at radius 1 is 1.12 bits per heavy atom. The van der Waals surface area contributed by atoms with E-state index in [1.807, 2.05) is 0 Å². The minimum atomic E-state index is 0.238. The predicted molar refractivity (Wildman–Crippen MR) is 66.4 cm³/mol. The van der Waals surface area contributed by atoms with Crippen LogP contribution >= 0.6 is 0 Å². The standard InChI is InChI=1S/C13H20N2O/c1-10-7-11(2)9-12(8-10)15-5-3-13(16-14)4-6-15/h7-9,13H,3-6,14H2,1-2H3. The van der Waals surface area contributed by atoms with Gasteiger partial charge in [0.05, 0.1) is 6.10 Å². The van der Waals surface area contributed by atoms with Crippen LogP contribution in [-0.4, -0.2) is 19.2 Å². The Labute approximate surface area is 97.1 Å². The summed E-state index contributed by atoms with van der Waals surface area (Å²) in [5, 5.41) is 0. The lowest BCUT2D eigenvalue weighted by atomic mass is 10.1. The predicted octanol–water partition coefficient (Wildman–Crippen LogP) is 2.16. The van der Waals surface area contributed by atoms with Gasteiger partial charge in [0.2, 0.25) is 0 Å². The van der Waals surface area contributed by atoms with E-state index in [0.717, 1.165) is 25.9 Å². The molecular formula is C13H20N2O. The van der Waals surface area contributed by atoms with Gasteiger partial charge in [-0.25, -0.2) is 5.90 Å². The first kappa shape index (κ1) is 11.4. The molecule has 0 unspecified atom stereocenters. The average molecular weight is 220 g/mol. The van der Waals surface area contributed by atoms with Crippen molar-refractivity contribution in [1.29, 1.82) is 0 Å². The van der Waals surface area contributed by atoms with Crippen LogP contribution in [0.25, 0.3) is 0 Å². The smallest absolute Gasteiger partial charge is 0.0821 e. The van der Waals surface area contributed by atoms with Crippen molar-refractivity contribution in [3.8, 4) is 0 Å². The normalized spacial score (nSPS) is 17.8. The van der Waals surface area contributed by atoms with E-state index in [1.54, 1.807) is 0 Å². The SMILES string of the molecule is Cc1cc(C)cc(N2CCC(ON)CC2)c1. The van der Waals surface area contributed by atoms with Crippen molar-refractivity contribution in [2.45, 2.75) is 32.8 Å². The third kappa shape index (κ3) is 2.54. The van der Waals surface area contributed by atoms with E-state index < -0.39 is 0 Å². The Hall–Kier alpha value is -1.06. The van der Waals surface area contributed by atoms with Crippen LogP contribution in [0.4, 0.5) is 5.69 Å². The monoisotopic (exact) mass is 220 g/mol. The second-order valence-corrected chi connectivity index (χ2v) is 4.67. The van der Waals surface area contributed by atoms with Gasteiger partial charge in [0.1, 0.15) is 0 Å². The van der Waals surface area contributed by atoms with Crippen molar-refractivity contribution >= 4 is 5.69 Å². The van der Waals surface area contributed by atoms with Crippen LogP contribution in [-0.2, 0) is 4.84 Å². The summed E-state index contributed by atoms with van der Waals surface area (Å²) in [6.45, 7) is 6.36. The Kier molecular flexibility index (Phi) is 3.46. The summed E-state index contributed by atoms with van der Waals surface area (Å²) in [6.07, 6.45) is 2.27. The van der Waals surface area contributed by atoms with Crippen molar-refractivity contribution in [1.82, 2.24) is 0 Å². The lowest BCUT2D eigenvalue weighted by Crippen LogP contribution is -2.38. The highest BCUT2D eigenvalue weighted by Crippen LogP contribution is 2.23. The Bertz CT molecular complexity index is 337. The molecule has 3 nitrogen and oxygen atoms in total. The molecule has 3 heteroatoms. The molecule has 0 amide bonds. The third-order valence-corrected chi connectivity index (χ3v) is 3.21. The van der Waals surface area contributed by atoms with Crippen LogP contribution in [0.2, 0.25) is 0 Å². The van der Waals surface area contributed by atoms with Gasteiger partial charge in [-0.3, -0.25) is 0 Å². The van der Waals surface area contributed by atoms with Gasteiger partial charge in [-0.1, -0.05) is 6.07 Å². The number of hydrogen-bond acceptors (Lipinski definition) is 3.